The zero-order valence-corrected chi connectivity index (χ0v) is 74.6. The summed E-state index contributed by atoms with van der Waals surface area (Å²) in [5.41, 5.74) is 0.856. The molecule has 6 heterocycles. The predicted molar refractivity (Wildman–Crippen MR) is 470 cm³/mol. The molecular formula is C90H115Cl2N11O29. The van der Waals surface area contributed by atoms with E-state index >= 15 is 24.0 Å². The Kier molecular flexibility index (Phi) is 34.3. The van der Waals surface area contributed by atoms with Crippen molar-refractivity contribution in [2.75, 3.05) is 40.0 Å². The van der Waals surface area contributed by atoms with E-state index in [1.54, 1.807) is 0 Å². The van der Waals surface area contributed by atoms with Crippen molar-refractivity contribution in [2.45, 2.75) is 233 Å². The molecule has 132 heavy (non-hydrogen) atoms. The predicted octanol–water partition coefficient (Wildman–Crippen LogP) is 0.757. The molecule has 0 spiro atoms. The van der Waals surface area contributed by atoms with Gasteiger partial charge in [0.05, 0.1) is 60.1 Å². The number of nitrogens with two attached hydrogens (primary N) is 1. The molecule has 1 saturated carbocycles. The van der Waals surface area contributed by atoms with Gasteiger partial charge in [-0.05, 0) is 159 Å². The second kappa shape index (κ2) is 44.4. The van der Waals surface area contributed by atoms with Crippen LogP contribution in [-0.4, -0.2) is 260 Å². The van der Waals surface area contributed by atoms with Crippen LogP contribution >= 0.6 is 23.2 Å². The highest BCUT2D eigenvalue weighted by atomic mass is 35.5. The average Bonchev–Trinajstić information content (AvgIpc) is 0.755. The first-order valence-corrected chi connectivity index (χ1v) is 44.0. The standard InChI is InChI=1S/C90H115Cl2N11O29/c1-7-8-9-11-42-12-14-43(15-13-42)35-97-89(5)33-48(25-41(4)79(89)116)128-39-90(127)34-65(131-63(38-105)80(90)117)132-78-61-29-47-30-62(78)130-60-21-18-46(28-53(60)92)73(111)71-86(123)101-69(88(125)126)50-31-57(107)51(36-95-22-10-23-96-87(124)77(115)76(114)75(113)58(108)37-104)74(112)66(50)49-26-44(16-19-56(49)106)67(83(120)103-71)100-84(121)68(47)99-82(119)55(32-64(93)109)98-85(122)70(102-81(118)54(94-6)24-40(2)3)72(110)45-17-20-59(129-61)52(91)27-45/h12-21,26-31,40-41,48,54-55,58,63,65,67-73,75-77,79-80,94-95,97,104-108,110-117,127H,7-11,22-25,32-39H2,1-6H3,(H2,93,109)(H,96,124)(H,98,122)(H,99,119)(H,100,121)(H,101,123)(H,102,118)(H,103,120)(H,125,126)/t41-,48-,54-,55?,58-,63-,65+,67-,68-,69+,70-,71+,72-,73-,75-,76+,77-,79-,80?,89?,90?/m1/s1. The number of unbranched alkanes of at least 4 members (excludes halogenated alkanes) is 2. The Morgan fingerprint density at radius 3 is 1.92 bits per heavy atom. The lowest BCUT2D eigenvalue weighted by Gasteiger charge is -2.48. The van der Waals surface area contributed by atoms with E-state index in [4.69, 9.17) is 52.6 Å². The molecule has 0 aromatic heterocycles. The lowest BCUT2D eigenvalue weighted by atomic mass is 9.73. The van der Waals surface area contributed by atoms with Gasteiger partial charge in [-0.25, -0.2) is 4.79 Å². The topological polar surface area (TPSA) is 650 Å². The molecule has 8 amide bonds. The summed E-state index contributed by atoms with van der Waals surface area (Å²) in [6.45, 7) is 6.30. The minimum Gasteiger partial charge on any atom is -0.507 e. The first kappa shape index (κ1) is 102. The van der Waals surface area contributed by atoms with Gasteiger partial charge in [0.25, 0.3) is 5.91 Å². The van der Waals surface area contributed by atoms with Crippen molar-refractivity contribution in [1.82, 2.24) is 53.2 Å². The summed E-state index contributed by atoms with van der Waals surface area (Å²) in [4.78, 5) is 132. The number of benzene rings is 6. The van der Waals surface area contributed by atoms with Gasteiger partial charge in [0, 0.05) is 48.3 Å². The van der Waals surface area contributed by atoms with Crippen molar-refractivity contribution >= 4 is 76.4 Å². The third-order valence-corrected chi connectivity index (χ3v) is 24.9. The van der Waals surface area contributed by atoms with E-state index in [1.165, 1.54) is 24.7 Å². The number of aliphatic carboxylic acids is 1. The molecule has 6 aromatic rings. The number of halogens is 2. The number of phenolic OH excluding ortho intramolecular Hbond substituents is 3. The molecular weight excluding hydrogens is 1770 g/mol. The number of likely N-dealkylation sites (N-methyl/N-ethyl adjacent to an activating group) is 1. The summed E-state index contributed by atoms with van der Waals surface area (Å²) in [7, 11) is 1.47. The number of hydrogen-bond acceptors (Lipinski definition) is 31. The molecule has 7 aliphatic rings. The summed E-state index contributed by atoms with van der Waals surface area (Å²) < 4.78 is 33.1. The number of fused-ring (bicyclic) bond motifs is 15. The number of hydrogen-bond donors (Lipinski definition) is 26. The minimum absolute atomic E-state index is 0.0102. The van der Waals surface area contributed by atoms with Gasteiger partial charge < -0.3 is 159 Å². The number of carbonyl (C=O) groups excluding carboxylic acids is 8. The fourth-order valence-corrected chi connectivity index (χ4v) is 17.3. The maximum atomic E-state index is 16.4. The van der Waals surface area contributed by atoms with Crippen LogP contribution in [0.5, 0.6) is 46.0 Å². The third-order valence-electron chi connectivity index (χ3n) is 24.3. The number of nitrogens with one attached hydrogen (secondary N) is 10. The van der Waals surface area contributed by atoms with Crippen LogP contribution in [0.15, 0.2) is 97.1 Å². The van der Waals surface area contributed by atoms with Gasteiger partial charge in [-0.1, -0.05) is 106 Å². The van der Waals surface area contributed by atoms with Gasteiger partial charge in [0.15, 0.2) is 23.6 Å². The van der Waals surface area contributed by atoms with Gasteiger partial charge in [-0.15, -0.1) is 0 Å². The molecule has 6 aromatic carbocycles. The Labute approximate surface area is 768 Å². The molecule has 2 fully saturated rings. The molecule has 42 heteroatoms. The van der Waals surface area contributed by atoms with Crippen molar-refractivity contribution < 1.29 is 143 Å². The van der Waals surface area contributed by atoms with Gasteiger partial charge in [0.1, 0.15) is 107 Å². The van der Waals surface area contributed by atoms with Gasteiger partial charge in [-0.2, -0.15) is 0 Å². The lowest BCUT2D eigenvalue weighted by Crippen LogP contribution is -2.63. The summed E-state index contributed by atoms with van der Waals surface area (Å²) in [6.07, 6.45) is -17.0. The smallest absolute Gasteiger partial charge is 0.330 e. The van der Waals surface area contributed by atoms with Crippen LogP contribution in [0, 0.1) is 11.8 Å². The number of amides is 8. The summed E-state index contributed by atoms with van der Waals surface area (Å²) in [5, 5.41) is 195. The normalized spacial score (nSPS) is 26.3. The monoisotopic (exact) mass is 1880 g/mol. The number of rotatable bonds is 32. The lowest BCUT2D eigenvalue weighted by molar-refractivity contribution is -0.279. The molecule has 1 saturated heterocycles. The van der Waals surface area contributed by atoms with E-state index in [0.717, 1.165) is 91.9 Å². The van der Waals surface area contributed by atoms with Gasteiger partial charge >= 0.3 is 5.97 Å². The number of phenols is 3. The Balaban J connectivity index is 1.04. The van der Waals surface area contributed by atoms with Crippen molar-refractivity contribution in [3.05, 3.63) is 152 Å². The van der Waals surface area contributed by atoms with E-state index in [-0.39, 0.29) is 72.5 Å². The summed E-state index contributed by atoms with van der Waals surface area (Å²) in [5.74, 6) is -18.2. The minimum atomic E-state index is -2.40. The first-order chi connectivity index (χ1) is 62.6. The fraction of sp³-hybridized carbons (Fsp3) is 0.500. The van der Waals surface area contributed by atoms with Crippen LogP contribution < -0.4 is 73.1 Å². The quantitative estimate of drug-likeness (QED) is 0.0259. The second-order valence-electron chi connectivity index (χ2n) is 34.6. The van der Waals surface area contributed by atoms with Crippen LogP contribution in [0.4, 0.5) is 0 Å². The number of primary amides is 1. The van der Waals surface area contributed by atoms with E-state index in [0.29, 0.717) is 6.54 Å². The zero-order chi connectivity index (χ0) is 96.2. The van der Waals surface area contributed by atoms with Gasteiger partial charge in [0.2, 0.25) is 53.4 Å². The highest BCUT2D eigenvalue weighted by molar-refractivity contribution is 6.32. The van der Waals surface area contributed by atoms with Crippen molar-refractivity contribution in [1.29, 1.82) is 0 Å². The van der Waals surface area contributed by atoms with E-state index in [9.17, 15) is 95.8 Å². The van der Waals surface area contributed by atoms with Crippen molar-refractivity contribution in [2.24, 2.45) is 17.6 Å². The number of carboxylic acids is 1. The van der Waals surface area contributed by atoms with E-state index in [1.807, 2.05) is 39.8 Å². The zero-order valence-electron chi connectivity index (χ0n) is 73.1. The van der Waals surface area contributed by atoms with Crippen LogP contribution in [0.2, 0.25) is 10.0 Å². The number of aliphatic hydroxyl groups is 11. The van der Waals surface area contributed by atoms with Crippen LogP contribution in [0.1, 0.15) is 167 Å². The summed E-state index contributed by atoms with van der Waals surface area (Å²) in [6, 6.07) is 6.14. The fourth-order valence-electron chi connectivity index (χ4n) is 16.8. The molecule has 718 valence electrons. The van der Waals surface area contributed by atoms with Gasteiger partial charge in [-0.3, -0.25) is 38.4 Å². The van der Waals surface area contributed by atoms with Crippen LogP contribution in [0.25, 0.3) is 11.1 Å². The van der Waals surface area contributed by atoms with Crippen LogP contribution in [-0.2, 0) is 72.1 Å². The Hall–Kier alpha value is -10.7. The molecule has 1 aliphatic carbocycles. The SMILES string of the molecule is CCCCCc1ccc(CNC2(C)C[C@H](OCC3(O)C[C@H](Oc4c5cc6cc4Oc4ccc(cc4Cl)[C@@H](O)[C@@H](NC(=O)[C@@H](CC(C)C)NC)C(=O)NC(CC(N)=O)C(=O)N[C@H]6C(=O)N[C@H]4C(=O)N[C@H](C(=O)N[C@H](C(=O)O)c6cc(O)c(CNCCCNC(=O)[C@H](O)[C@@H](O)[C@H](O)[C@H](O)CO)c(O)c6-c6cc4ccc6O)[C@H](O)c4ccc(c(Cl)c4)O5)O[C@H](CO)C3O)C[C@@H](C)[C@H]2O)cc1. The number of aromatic hydroxyl groups is 3. The number of carboxylic acid groups (broad SMARTS) is 1. The Morgan fingerprint density at radius 2 is 1.30 bits per heavy atom. The summed E-state index contributed by atoms with van der Waals surface area (Å²) >= 11 is 14.4. The van der Waals surface area contributed by atoms with Crippen molar-refractivity contribution in [3.8, 4) is 57.1 Å². The maximum absolute atomic E-state index is 16.4. The molecule has 4 unspecified atom stereocenters. The van der Waals surface area contributed by atoms with Crippen molar-refractivity contribution in [3.63, 3.8) is 0 Å². The highest BCUT2D eigenvalue weighted by Gasteiger charge is 2.53. The Bertz CT molecular complexity index is 5180. The average molecular weight is 1890 g/mol. The van der Waals surface area contributed by atoms with Crippen LogP contribution in [0.3, 0.4) is 0 Å². The molecule has 27 N–H and O–H groups in total. The van der Waals surface area contributed by atoms with E-state index < -0.39 is 292 Å². The number of aliphatic hydroxyl groups excluding tert-OH is 10. The largest absolute Gasteiger partial charge is 0.507 e. The second-order valence-corrected chi connectivity index (χ2v) is 35.4. The molecule has 11 bridgehead atoms. The first-order valence-electron chi connectivity index (χ1n) is 43.3. The molecule has 0 radical (unpaired) electrons. The highest BCUT2D eigenvalue weighted by Crippen LogP contribution is 2.51. The number of aryl methyl sites for hydroxylation is 1. The molecule has 40 nitrogen and oxygen atoms in total. The van der Waals surface area contributed by atoms with E-state index in [2.05, 4.69) is 72.2 Å². The molecule has 21 atom stereocenters. The third kappa shape index (κ3) is 23.9. The molecule has 6 aliphatic heterocycles. The Morgan fingerprint density at radius 1 is 0.674 bits per heavy atom. The number of carbonyl (C=O) groups is 9. The molecule has 13 rings (SSSR count). The number of ether oxygens (including phenoxy) is 5. The maximum Gasteiger partial charge on any atom is 0.330 e.